The Morgan fingerprint density at radius 1 is 1.43 bits per heavy atom. The van der Waals surface area contributed by atoms with Gasteiger partial charge in [-0.15, -0.1) is 0 Å². The molecule has 0 heterocycles. The molecule has 1 fully saturated rings. The Morgan fingerprint density at radius 2 is 2.07 bits per heavy atom. The summed E-state index contributed by atoms with van der Waals surface area (Å²) in [5, 5.41) is 19.4. The first-order valence-corrected chi connectivity index (χ1v) is 5.52. The predicted octanol–water partition coefficient (Wildman–Crippen LogP) is 2.57. The molecule has 0 radical (unpaired) electrons. The highest BCUT2D eigenvalue weighted by atomic mass is 79.9. The predicted molar refractivity (Wildman–Crippen MR) is 58.4 cm³/mol. The maximum absolute atomic E-state index is 9.73. The molecular formula is C11H13BrO2. The molecule has 0 spiro atoms. The Kier molecular flexibility index (Phi) is 2.32. The number of halogens is 1. The molecular weight excluding hydrogens is 244 g/mol. The Morgan fingerprint density at radius 3 is 2.57 bits per heavy atom. The molecule has 76 valence electrons. The van der Waals surface area contributed by atoms with Crippen LogP contribution < -0.4 is 0 Å². The van der Waals surface area contributed by atoms with Crippen LogP contribution in [-0.4, -0.2) is 16.3 Å². The lowest BCUT2D eigenvalue weighted by Gasteiger charge is -2.20. The van der Waals surface area contributed by atoms with Crippen molar-refractivity contribution < 1.29 is 10.2 Å². The summed E-state index contributed by atoms with van der Waals surface area (Å²) in [7, 11) is 0. The number of benzene rings is 1. The van der Waals surface area contributed by atoms with E-state index in [0.29, 0.717) is 0 Å². The van der Waals surface area contributed by atoms with Crippen LogP contribution in [0.15, 0.2) is 22.7 Å². The lowest BCUT2D eigenvalue weighted by atomic mass is 9.90. The molecule has 0 bridgehead atoms. The number of hydrogen-bond donors (Lipinski definition) is 2. The maximum Gasteiger partial charge on any atom is 0.119 e. The number of phenolic OH excluding ortho intramolecular Hbond substituents is 1. The van der Waals surface area contributed by atoms with Gasteiger partial charge in [-0.2, -0.15) is 0 Å². The zero-order valence-electron chi connectivity index (χ0n) is 8.00. The zero-order chi connectivity index (χ0) is 10.3. The molecule has 1 saturated carbocycles. The van der Waals surface area contributed by atoms with Gasteiger partial charge >= 0.3 is 0 Å². The minimum atomic E-state index is -0.400. The van der Waals surface area contributed by atoms with Crippen LogP contribution >= 0.6 is 15.9 Å². The quantitative estimate of drug-likeness (QED) is 0.854. The summed E-state index contributed by atoms with van der Waals surface area (Å²) in [5.41, 5.74) is 0.662. The van der Waals surface area contributed by atoms with E-state index >= 15 is 0 Å². The van der Waals surface area contributed by atoms with Crippen LogP contribution in [0.3, 0.4) is 0 Å². The fourth-order valence-electron chi connectivity index (χ4n) is 1.95. The fraction of sp³-hybridized carbons (Fsp3) is 0.455. The van der Waals surface area contributed by atoms with Gasteiger partial charge in [0.2, 0.25) is 0 Å². The van der Waals surface area contributed by atoms with E-state index in [2.05, 4.69) is 15.9 Å². The molecule has 0 saturated heterocycles. The standard InChI is InChI=1S/C11H13BrO2/c1-7(13)11(4-5-11)9-6-8(12)2-3-10(9)14/h2-3,6-7,13-14H,4-5H2,1H3. The van der Waals surface area contributed by atoms with Gasteiger partial charge < -0.3 is 10.2 Å². The average Bonchev–Trinajstić information content (AvgIpc) is 2.90. The molecule has 2 N–H and O–H groups in total. The number of hydrogen-bond acceptors (Lipinski definition) is 2. The topological polar surface area (TPSA) is 40.5 Å². The third-order valence-electron chi connectivity index (χ3n) is 3.08. The summed E-state index contributed by atoms with van der Waals surface area (Å²) in [6.07, 6.45) is 1.51. The largest absolute Gasteiger partial charge is 0.508 e. The number of phenols is 1. The van der Waals surface area contributed by atoms with Crippen LogP contribution in [0.25, 0.3) is 0 Å². The molecule has 0 amide bonds. The van der Waals surface area contributed by atoms with Crippen LogP contribution in [0.1, 0.15) is 25.3 Å². The second kappa shape index (κ2) is 3.24. The van der Waals surface area contributed by atoms with Crippen molar-refractivity contribution >= 4 is 15.9 Å². The number of rotatable bonds is 2. The molecule has 1 aromatic rings. The van der Waals surface area contributed by atoms with Crippen molar-refractivity contribution in [2.75, 3.05) is 0 Å². The van der Waals surface area contributed by atoms with E-state index in [4.69, 9.17) is 0 Å². The summed E-state index contributed by atoms with van der Waals surface area (Å²) in [5.74, 6) is 0.284. The zero-order valence-corrected chi connectivity index (χ0v) is 9.58. The normalized spacial score (nSPS) is 20.5. The van der Waals surface area contributed by atoms with Crippen molar-refractivity contribution in [3.05, 3.63) is 28.2 Å². The molecule has 1 aromatic carbocycles. The van der Waals surface area contributed by atoms with E-state index in [-0.39, 0.29) is 11.2 Å². The fourth-order valence-corrected chi connectivity index (χ4v) is 2.31. The van der Waals surface area contributed by atoms with Crippen molar-refractivity contribution in [3.8, 4) is 5.75 Å². The van der Waals surface area contributed by atoms with Gasteiger partial charge in [0.1, 0.15) is 5.75 Å². The summed E-state index contributed by atoms with van der Waals surface area (Å²) < 4.78 is 0.942. The first-order chi connectivity index (χ1) is 6.56. The van der Waals surface area contributed by atoms with Crippen molar-refractivity contribution in [2.24, 2.45) is 0 Å². The van der Waals surface area contributed by atoms with Gasteiger partial charge in [0.05, 0.1) is 6.10 Å². The maximum atomic E-state index is 9.73. The smallest absolute Gasteiger partial charge is 0.119 e. The number of aliphatic hydroxyl groups is 1. The highest BCUT2D eigenvalue weighted by Gasteiger charge is 2.49. The van der Waals surface area contributed by atoms with Gasteiger partial charge in [-0.05, 0) is 38.0 Å². The van der Waals surface area contributed by atoms with E-state index in [9.17, 15) is 10.2 Å². The Bertz CT molecular complexity index is 356. The highest BCUT2D eigenvalue weighted by molar-refractivity contribution is 9.10. The van der Waals surface area contributed by atoms with Gasteiger partial charge in [-0.25, -0.2) is 0 Å². The van der Waals surface area contributed by atoms with Crippen molar-refractivity contribution in [3.63, 3.8) is 0 Å². The molecule has 14 heavy (non-hydrogen) atoms. The Hall–Kier alpha value is -0.540. The van der Waals surface area contributed by atoms with Crippen LogP contribution in [0.2, 0.25) is 0 Å². The van der Waals surface area contributed by atoms with Gasteiger partial charge in [0, 0.05) is 15.5 Å². The van der Waals surface area contributed by atoms with E-state index in [1.807, 2.05) is 6.07 Å². The molecule has 1 unspecified atom stereocenters. The van der Waals surface area contributed by atoms with E-state index < -0.39 is 6.10 Å². The summed E-state index contributed by atoms with van der Waals surface area (Å²) >= 11 is 3.37. The van der Waals surface area contributed by atoms with E-state index in [1.54, 1.807) is 19.1 Å². The molecule has 3 heteroatoms. The van der Waals surface area contributed by atoms with E-state index in [1.165, 1.54) is 0 Å². The van der Waals surface area contributed by atoms with Crippen LogP contribution in [0, 0.1) is 0 Å². The van der Waals surface area contributed by atoms with Gasteiger partial charge in [0.25, 0.3) is 0 Å². The summed E-state index contributed by atoms with van der Waals surface area (Å²) in [4.78, 5) is 0. The molecule has 1 aliphatic carbocycles. The second-order valence-electron chi connectivity index (χ2n) is 3.99. The van der Waals surface area contributed by atoms with E-state index in [0.717, 1.165) is 22.9 Å². The third kappa shape index (κ3) is 1.44. The molecule has 0 aromatic heterocycles. The third-order valence-corrected chi connectivity index (χ3v) is 3.58. The highest BCUT2D eigenvalue weighted by Crippen LogP contribution is 2.53. The SMILES string of the molecule is CC(O)C1(c2cc(Br)ccc2O)CC1. The summed E-state index contributed by atoms with van der Waals surface area (Å²) in [6.45, 7) is 1.79. The Balaban J connectivity index is 2.46. The van der Waals surface area contributed by atoms with Gasteiger partial charge in [-0.1, -0.05) is 15.9 Å². The molecule has 1 aliphatic rings. The van der Waals surface area contributed by atoms with Crippen LogP contribution in [0.5, 0.6) is 5.75 Å². The average molecular weight is 257 g/mol. The molecule has 2 nitrogen and oxygen atoms in total. The van der Waals surface area contributed by atoms with Crippen molar-refractivity contribution in [2.45, 2.75) is 31.3 Å². The second-order valence-corrected chi connectivity index (χ2v) is 4.91. The monoisotopic (exact) mass is 256 g/mol. The molecule has 1 atom stereocenters. The van der Waals surface area contributed by atoms with Crippen molar-refractivity contribution in [1.82, 2.24) is 0 Å². The lowest BCUT2D eigenvalue weighted by molar-refractivity contribution is 0.149. The van der Waals surface area contributed by atoms with Crippen LogP contribution in [0.4, 0.5) is 0 Å². The number of aliphatic hydroxyl groups excluding tert-OH is 1. The minimum Gasteiger partial charge on any atom is -0.508 e. The van der Waals surface area contributed by atoms with Gasteiger partial charge in [-0.3, -0.25) is 0 Å². The van der Waals surface area contributed by atoms with Crippen LogP contribution in [-0.2, 0) is 5.41 Å². The molecule has 0 aliphatic heterocycles. The first kappa shape index (κ1) is 9.99. The number of aromatic hydroxyl groups is 1. The van der Waals surface area contributed by atoms with Crippen molar-refractivity contribution in [1.29, 1.82) is 0 Å². The van der Waals surface area contributed by atoms with Gasteiger partial charge in [0.15, 0.2) is 0 Å². The first-order valence-electron chi connectivity index (χ1n) is 4.73. The lowest BCUT2D eigenvalue weighted by Crippen LogP contribution is -2.22. The summed E-state index contributed by atoms with van der Waals surface area (Å²) in [6, 6.07) is 5.37. The minimum absolute atomic E-state index is 0.201. The Labute approximate surface area is 91.7 Å². The molecule has 2 rings (SSSR count).